The van der Waals surface area contributed by atoms with E-state index in [0.29, 0.717) is 33.0 Å². The highest BCUT2D eigenvalue weighted by atomic mass is 28.4. The van der Waals surface area contributed by atoms with E-state index in [9.17, 15) is 0 Å². The molecule has 0 saturated heterocycles. The zero-order chi connectivity index (χ0) is 33.7. The van der Waals surface area contributed by atoms with Gasteiger partial charge in [0, 0.05) is 5.92 Å². The summed E-state index contributed by atoms with van der Waals surface area (Å²) in [6.07, 6.45) is -0.645. The van der Waals surface area contributed by atoms with E-state index in [4.69, 9.17) is 18.6 Å². The van der Waals surface area contributed by atoms with Crippen molar-refractivity contribution in [2.75, 3.05) is 13.2 Å². The zero-order valence-electron chi connectivity index (χ0n) is 28.8. The van der Waals surface area contributed by atoms with E-state index < -0.39 is 8.32 Å². The first kappa shape index (κ1) is 35.5. The molecule has 0 aromatic heterocycles. The first-order valence-corrected chi connectivity index (χ1v) is 19.0. The molecule has 0 aliphatic heterocycles. The molecular weight excluding hydrogens is 609 g/mol. The first-order valence-electron chi connectivity index (χ1n) is 17.0. The van der Waals surface area contributed by atoms with Crippen LogP contribution in [-0.4, -0.2) is 33.7 Å². The summed E-state index contributed by atoms with van der Waals surface area (Å²) < 4.78 is 27.5. The summed E-state index contributed by atoms with van der Waals surface area (Å²) in [6, 6.07) is 52.5. The number of benzene rings is 5. The highest BCUT2D eigenvalue weighted by Crippen LogP contribution is 2.37. The van der Waals surface area contributed by atoms with Crippen molar-refractivity contribution in [3.63, 3.8) is 0 Å². The number of hydrogen-bond acceptors (Lipinski definition) is 4. The molecule has 5 aromatic carbocycles. The molecule has 250 valence electrons. The minimum absolute atomic E-state index is 0.0287. The molecule has 0 saturated carbocycles. The first-order chi connectivity index (χ1) is 23.4. The van der Waals surface area contributed by atoms with Crippen LogP contribution < -0.4 is 10.4 Å². The molecule has 0 N–H and O–H groups in total. The Morgan fingerprint density at radius 2 is 0.896 bits per heavy atom. The average Bonchev–Trinajstić information content (AvgIpc) is 3.12. The van der Waals surface area contributed by atoms with E-state index in [2.05, 4.69) is 149 Å². The Hall–Kier alpha value is -3.84. The second-order valence-electron chi connectivity index (χ2n) is 13.5. The van der Waals surface area contributed by atoms with Gasteiger partial charge in [-0.2, -0.15) is 0 Å². The summed E-state index contributed by atoms with van der Waals surface area (Å²) in [6.45, 7) is 11.5. The minimum Gasteiger partial charge on any atom is -0.405 e. The maximum atomic E-state index is 7.47. The molecule has 3 atom stereocenters. The van der Waals surface area contributed by atoms with E-state index in [0.717, 1.165) is 16.7 Å². The molecule has 0 fully saturated rings. The van der Waals surface area contributed by atoms with Crippen molar-refractivity contribution in [1.82, 2.24) is 0 Å². The number of ether oxygens (including phenoxy) is 3. The summed E-state index contributed by atoms with van der Waals surface area (Å²) in [4.78, 5) is 0. The molecule has 5 rings (SSSR count). The highest BCUT2D eigenvalue weighted by molar-refractivity contribution is 6.99. The summed E-state index contributed by atoms with van der Waals surface area (Å²) in [5.74, 6) is 0.0287. The fraction of sp³-hybridized carbons (Fsp3) is 0.302. The van der Waals surface area contributed by atoms with Gasteiger partial charge in [-0.05, 0) is 32.1 Å². The summed E-state index contributed by atoms with van der Waals surface area (Å²) in [5.41, 5.74) is 3.38. The molecule has 48 heavy (non-hydrogen) atoms. The maximum absolute atomic E-state index is 7.47. The lowest BCUT2D eigenvalue weighted by Gasteiger charge is -2.44. The molecule has 1 unspecified atom stereocenters. The van der Waals surface area contributed by atoms with Crippen LogP contribution in [0.1, 0.15) is 44.4 Å². The number of rotatable bonds is 17. The third-order valence-electron chi connectivity index (χ3n) is 8.89. The van der Waals surface area contributed by atoms with Gasteiger partial charge < -0.3 is 18.6 Å². The van der Waals surface area contributed by atoms with Gasteiger partial charge in [-0.25, -0.2) is 0 Å². The van der Waals surface area contributed by atoms with Crippen LogP contribution in [0.3, 0.4) is 0 Å². The van der Waals surface area contributed by atoms with Crippen LogP contribution in [0.15, 0.2) is 152 Å². The lowest BCUT2D eigenvalue weighted by Crippen LogP contribution is -2.67. The predicted molar refractivity (Wildman–Crippen MR) is 199 cm³/mol. The summed E-state index contributed by atoms with van der Waals surface area (Å²) in [7, 11) is -2.82. The van der Waals surface area contributed by atoms with Gasteiger partial charge in [0.25, 0.3) is 8.32 Å². The minimum atomic E-state index is -2.82. The molecule has 0 amide bonds. The van der Waals surface area contributed by atoms with Crippen molar-refractivity contribution in [1.29, 1.82) is 0 Å². The fourth-order valence-corrected chi connectivity index (χ4v) is 11.0. The van der Waals surface area contributed by atoms with Crippen LogP contribution >= 0.6 is 0 Å². The van der Waals surface area contributed by atoms with Crippen molar-refractivity contribution in [3.05, 3.63) is 168 Å². The Morgan fingerprint density at radius 1 is 0.500 bits per heavy atom. The monoisotopic (exact) mass is 658 g/mol. The van der Waals surface area contributed by atoms with Crippen LogP contribution in [0.5, 0.6) is 0 Å². The smallest absolute Gasteiger partial charge is 0.261 e. The van der Waals surface area contributed by atoms with E-state index in [-0.39, 0.29) is 23.2 Å². The molecule has 0 aliphatic carbocycles. The van der Waals surface area contributed by atoms with Gasteiger partial charge in [0.1, 0.15) is 6.10 Å². The zero-order valence-corrected chi connectivity index (χ0v) is 29.8. The Balaban J connectivity index is 1.48. The Labute approximate surface area is 288 Å². The van der Waals surface area contributed by atoms with Crippen molar-refractivity contribution in [3.8, 4) is 0 Å². The molecule has 0 spiro atoms. The van der Waals surface area contributed by atoms with Crippen molar-refractivity contribution >= 4 is 18.7 Å². The fourth-order valence-electron chi connectivity index (χ4n) is 6.42. The van der Waals surface area contributed by atoms with Crippen molar-refractivity contribution < 1.29 is 18.6 Å². The average molecular weight is 659 g/mol. The van der Waals surface area contributed by atoms with Crippen molar-refractivity contribution in [2.45, 2.75) is 64.8 Å². The second-order valence-corrected chi connectivity index (χ2v) is 17.9. The molecule has 0 aliphatic rings. The topological polar surface area (TPSA) is 36.9 Å². The van der Waals surface area contributed by atoms with Gasteiger partial charge in [-0.1, -0.05) is 179 Å². The van der Waals surface area contributed by atoms with Crippen LogP contribution in [-0.2, 0) is 38.5 Å². The second kappa shape index (κ2) is 17.5. The molecule has 5 aromatic rings. The molecule has 0 radical (unpaired) electrons. The Kier molecular flexibility index (Phi) is 12.9. The van der Waals surface area contributed by atoms with Gasteiger partial charge in [0.2, 0.25) is 0 Å². The van der Waals surface area contributed by atoms with E-state index in [1.165, 1.54) is 10.4 Å². The maximum Gasteiger partial charge on any atom is 0.261 e. The molecule has 4 nitrogen and oxygen atoms in total. The molecule has 0 heterocycles. The van der Waals surface area contributed by atoms with Crippen LogP contribution in [0.2, 0.25) is 5.04 Å². The summed E-state index contributed by atoms with van der Waals surface area (Å²) in [5, 5.41) is 2.32. The lowest BCUT2D eigenvalue weighted by atomic mass is 10.00. The van der Waals surface area contributed by atoms with Crippen LogP contribution in [0.25, 0.3) is 0 Å². The quantitative estimate of drug-likeness (QED) is 0.0939. The highest BCUT2D eigenvalue weighted by Gasteiger charge is 2.51. The SMILES string of the molecule is CC(COCc1ccccc1)[C@@H](OCc1ccccc1)[C@H](CO[Si](c1ccccc1)(c1ccccc1)C(C)(C)C)OCc1ccccc1. The Bertz CT molecular complexity index is 1550. The van der Waals surface area contributed by atoms with Crippen LogP contribution in [0, 0.1) is 5.92 Å². The lowest BCUT2D eigenvalue weighted by molar-refractivity contribution is -0.130. The predicted octanol–water partition coefficient (Wildman–Crippen LogP) is 8.59. The van der Waals surface area contributed by atoms with Gasteiger partial charge in [0.05, 0.1) is 39.1 Å². The standard InChI is InChI=1S/C43H50O4Si/c1-35(30-44-31-36-20-10-5-11-21-36)42(46-33-38-24-14-7-15-25-38)41(45-32-37-22-12-6-13-23-37)34-47-48(43(2,3)4,39-26-16-8-17-27-39)40-28-18-9-19-29-40/h5-29,35,41-42H,30-34H2,1-4H3/t35?,41-,42+/m0/s1. The van der Waals surface area contributed by atoms with E-state index in [1.807, 2.05) is 30.3 Å². The summed E-state index contributed by atoms with van der Waals surface area (Å²) >= 11 is 0. The van der Waals surface area contributed by atoms with Gasteiger partial charge >= 0.3 is 0 Å². The normalized spacial score (nSPS) is 13.9. The third kappa shape index (κ3) is 9.40. The molecule has 5 heteroatoms. The molecular formula is C43H50O4Si. The van der Waals surface area contributed by atoms with Gasteiger partial charge in [-0.3, -0.25) is 0 Å². The van der Waals surface area contributed by atoms with Gasteiger partial charge in [-0.15, -0.1) is 0 Å². The van der Waals surface area contributed by atoms with Crippen molar-refractivity contribution in [2.24, 2.45) is 5.92 Å². The third-order valence-corrected chi connectivity index (χ3v) is 13.9. The largest absolute Gasteiger partial charge is 0.405 e. The Morgan fingerprint density at radius 3 is 1.33 bits per heavy atom. The van der Waals surface area contributed by atoms with E-state index in [1.54, 1.807) is 0 Å². The van der Waals surface area contributed by atoms with E-state index >= 15 is 0 Å². The van der Waals surface area contributed by atoms with Gasteiger partial charge in [0.15, 0.2) is 0 Å². The van der Waals surface area contributed by atoms with Crippen LogP contribution in [0.4, 0.5) is 0 Å². The number of hydrogen-bond donors (Lipinski definition) is 0. The molecule has 0 bridgehead atoms.